The van der Waals surface area contributed by atoms with Gasteiger partial charge in [0, 0.05) is 18.8 Å². The maximum Gasteiger partial charge on any atom is 0.270 e. The Hall–Kier alpha value is -1.65. The van der Waals surface area contributed by atoms with Crippen LogP contribution in [-0.4, -0.2) is 28.5 Å². The van der Waals surface area contributed by atoms with Gasteiger partial charge in [0.2, 0.25) is 5.95 Å². The smallest absolute Gasteiger partial charge is 0.270 e. The van der Waals surface area contributed by atoms with Crippen molar-refractivity contribution in [3.63, 3.8) is 0 Å². The van der Waals surface area contributed by atoms with Gasteiger partial charge in [0.1, 0.15) is 5.69 Å². The highest BCUT2D eigenvalue weighted by atomic mass is 16.1. The number of amides is 1. The first-order valence-electron chi connectivity index (χ1n) is 6.55. The first kappa shape index (κ1) is 14.4. The van der Waals surface area contributed by atoms with Gasteiger partial charge >= 0.3 is 0 Å². The Kier molecular flexibility index (Phi) is 6.11. The Balaban J connectivity index is 2.60. The first-order valence-corrected chi connectivity index (χ1v) is 6.55. The molecule has 5 nitrogen and oxygen atoms in total. The number of nitrogens with one attached hydrogen (secondary N) is 2. The molecule has 1 aromatic heterocycles. The van der Waals surface area contributed by atoms with Crippen molar-refractivity contribution >= 4 is 11.9 Å². The number of anilines is 1. The van der Waals surface area contributed by atoms with Crippen molar-refractivity contribution in [2.75, 3.05) is 11.9 Å². The summed E-state index contributed by atoms with van der Waals surface area (Å²) in [5.74, 6) is 0.366. The summed E-state index contributed by atoms with van der Waals surface area (Å²) in [6.45, 7) is 6.95. The number of carbonyl (C=O) groups excluding carboxylic acids is 1. The van der Waals surface area contributed by atoms with Gasteiger partial charge < -0.3 is 10.6 Å². The van der Waals surface area contributed by atoms with Crippen LogP contribution in [-0.2, 0) is 0 Å². The van der Waals surface area contributed by atoms with Crippen LogP contribution >= 0.6 is 0 Å². The summed E-state index contributed by atoms with van der Waals surface area (Å²) in [7, 11) is 0. The van der Waals surface area contributed by atoms with Crippen molar-refractivity contribution in [2.24, 2.45) is 0 Å². The summed E-state index contributed by atoms with van der Waals surface area (Å²) in [6, 6.07) is 1.78. The second-order valence-corrected chi connectivity index (χ2v) is 4.33. The van der Waals surface area contributed by atoms with E-state index in [0.29, 0.717) is 11.6 Å². The summed E-state index contributed by atoms with van der Waals surface area (Å²) in [5.41, 5.74) is 0.407. The second-order valence-electron chi connectivity index (χ2n) is 4.33. The number of aromatic nitrogens is 2. The molecule has 0 aromatic carbocycles. The minimum Gasteiger partial charge on any atom is -0.354 e. The summed E-state index contributed by atoms with van der Waals surface area (Å²) < 4.78 is 0. The molecule has 0 aliphatic rings. The Morgan fingerprint density at radius 2 is 2.22 bits per heavy atom. The fraction of sp³-hybridized carbons (Fsp3) is 0.615. The summed E-state index contributed by atoms with van der Waals surface area (Å²) in [5, 5.41) is 5.99. The van der Waals surface area contributed by atoms with Crippen LogP contribution in [0.3, 0.4) is 0 Å². The van der Waals surface area contributed by atoms with E-state index in [1.807, 2.05) is 13.8 Å². The topological polar surface area (TPSA) is 66.9 Å². The molecule has 1 amide bonds. The number of carbonyl (C=O) groups is 1. The van der Waals surface area contributed by atoms with Gasteiger partial charge in [-0.2, -0.15) is 0 Å². The molecular formula is C13H22N4O. The van der Waals surface area contributed by atoms with Gasteiger partial charge in [0.25, 0.3) is 5.91 Å². The Morgan fingerprint density at radius 1 is 1.44 bits per heavy atom. The van der Waals surface area contributed by atoms with Crippen molar-refractivity contribution in [3.8, 4) is 0 Å². The Labute approximate surface area is 108 Å². The van der Waals surface area contributed by atoms with Crippen molar-refractivity contribution in [2.45, 2.75) is 46.1 Å². The van der Waals surface area contributed by atoms with Crippen LogP contribution in [0.1, 0.15) is 50.5 Å². The van der Waals surface area contributed by atoms with Crippen LogP contribution in [0.15, 0.2) is 12.3 Å². The third-order valence-corrected chi connectivity index (χ3v) is 2.69. The van der Waals surface area contributed by atoms with E-state index in [2.05, 4.69) is 27.5 Å². The minimum absolute atomic E-state index is 0.148. The van der Waals surface area contributed by atoms with Crippen molar-refractivity contribution < 1.29 is 4.79 Å². The highest BCUT2D eigenvalue weighted by molar-refractivity contribution is 5.92. The maximum absolute atomic E-state index is 11.9. The van der Waals surface area contributed by atoms with Crippen LogP contribution in [0.25, 0.3) is 0 Å². The lowest BCUT2D eigenvalue weighted by Gasteiger charge is -2.11. The molecule has 0 spiro atoms. The van der Waals surface area contributed by atoms with Crippen molar-refractivity contribution in [1.82, 2.24) is 15.3 Å². The van der Waals surface area contributed by atoms with E-state index in [4.69, 9.17) is 0 Å². The van der Waals surface area contributed by atoms with Crippen molar-refractivity contribution in [3.05, 3.63) is 18.0 Å². The van der Waals surface area contributed by atoms with Crippen molar-refractivity contribution in [1.29, 1.82) is 0 Å². The van der Waals surface area contributed by atoms with E-state index in [9.17, 15) is 4.79 Å². The molecule has 0 aliphatic heterocycles. The number of unbranched alkanes of at least 4 members (excludes halogenated alkanes) is 1. The molecule has 0 radical (unpaired) electrons. The molecule has 1 unspecified atom stereocenters. The number of hydrogen-bond acceptors (Lipinski definition) is 4. The quantitative estimate of drug-likeness (QED) is 0.728. The van der Waals surface area contributed by atoms with E-state index in [1.54, 1.807) is 12.3 Å². The summed E-state index contributed by atoms with van der Waals surface area (Å²) in [6.07, 6.45) is 4.68. The summed E-state index contributed by atoms with van der Waals surface area (Å²) >= 11 is 0. The molecule has 1 aromatic rings. The largest absolute Gasteiger partial charge is 0.354 e. The molecule has 0 fully saturated rings. The van der Waals surface area contributed by atoms with Crippen LogP contribution in [0.2, 0.25) is 0 Å². The number of rotatable bonds is 7. The van der Waals surface area contributed by atoms with E-state index in [0.717, 1.165) is 25.8 Å². The zero-order chi connectivity index (χ0) is 13.4. The third-order valence-electron chi connectivity index (χ3n) is 2.69. The fourth-order valence-electron chi connectivity index (χ4n) is 1.35. The SMILES string of the molecule is CCCCNc1nccc(C(=O)NC(C)CC)n1. The van der Waals surface area contributed by atoms with Gasteiger partial charge in [-0.3, -0.25) is 4.79 Å². The average Bonchev–Trinajstić information content (AvgIpc) is 2.39. The average molecular weight is 250 g/mol. The summed E-state index contributed by atoms with van der Waals surface area (Å²) in [4.78, 5) is 20.2. The predicted octanol–water partition coefficient (Wildman–Crippen LogP) is 2.22. The predicted molar refractivity (Wildman–Crippen MR) is 72.6 cm³/mol. The molecule has 1 atom stereocenters. The van der Waals surface area contributed by atoms with Crippen LogP contribution in [0.5, 0.6) is 0 Å². The van der Waals surface area contributed by atoms with E-state index in [1.165, 1.54) is 0 Å². The highest BCUT2D eigenvalue weighted by Gasteiger charge is 2.10. The zero-order valence-electron chi connectivity index (χ0n) is 11.4. The van der Waals surface area contributed by atoms with E-state index < -0.39 is 0 Å². The van der Waals surface area contributed by atoms with Gasteiger partial charge in [-0.1, -0.05) is 20.3 Å². The van der Waals surface area contributed by atoms with Gasteiger partial charge in [-0.15, -0.1) is 0 Å². The lowest BCUT2D eigenvalue weighted by molar-refractivity contribution is 0.0934. The molecule has 18 heavy (non-hydrogen) atoms. The highest BCUT2D eigenvalue weighted by Crippen LogP contribution is 2.02. The van der Waals surface area contributed by atoms with Crippen LogP contribution in [0, 0.1) is 0 Å². The molecule has 0 saturated heterocycles. The molecule has 5 heteroatoms. The molecule has 0 aliphatic carbocycles. The minimum atomic E-state index is -0.148. The van der Waals surface area contributed by atoms with Gasteiger partial charge in [0.05, 0.1) is 0 Å². The lowest BCUT2D eigenvalue weighted by Crippen LogP contribution is -2.32. The Bertz CT molecular complexity index is 381. The Morgan fingerprint density at radius 3 is 2.89 bits per heavy atom. The van der Waals surface area contributed by atoms with Gasteiger partial charge in [-0.05, 0) is 25.8 Å². The molecule has 100 valence electrons. The van der Waals surface area contributed by atoms with Crippen LogP contribution < -0.4 is 10.6 Å². The molecule has 0 saturated carbocycles. The standard InChI is InChI=1S/C13H22N4O/c1-4-6-8-14-13-15-9-7-11(17-13)12(18)16-10(3)5-2/h7,9-10H,4-6,8H2,1-3H3,(H,16,18)(H,14,15,17). The van der Waals surface area contributed by atoms with E-state index in [-0.39, 0.29) is 11.9 Å². The van der Waals surface area contributed by atoms with E-state index >= 15 is 0 Å². The monoisotopic (exact) mass is 250 g/mol. The number of nitrogens with zero attached hydrogens (tertiary/aromatic N) is 2. The zero-order valence-corrected chi connectivity index (χ0v) is 11.4. The third kappa shape index (κ3) is 4.69. The molecule has 0 bridgehead atoms. The molecular weight excluding hydrogens is 228 g/mol. The molecule has 2 N–H and O–H groups in total. The fourth-order valence-corrected chi connectivity index (χ4v) is 1.35. The number of hydrogen-bond donors (Lipinski definition) is 2. The molecule has 1 heterocycles. The van der Waals surface area contributed by atoms with Gasteiger partial charge in [-0.25, -0.2) is 9.97 Å². The second kappa shape index (κ2) is 7.63. The maximum atomic E-state index is 11.9. The first-order chi connectivity index (χ1) is 8.67. The molecule has 1 rings (SSSR count). The van der Waals surface area contributed by atoms with Crippen LogP contribution in [0.4, 0.5) is 5.95 Å². The normalized spacial score (nSPS) is 11.9. The lowest BCUT2D eigenvalue weighted by atomic mass is 10.2. The van der Waals surface area contributed by atoms with Gasteiger partial charge in [0.15, 0.2) is 0 Å².